The SMILES string of the molecule is CSc1cccc(Nc2cc(Cl)c(F)c(Cl)c2)c1C(N)=S. The van der Waals surface area contributed by atoms with Gasteiger partial charge in [0.2, 0.25) is 0 Å². The van der Waals surface area contributed by atoms with Crippen LogP contribution in [0.3, 0.4) is 0 Å². The standard InChI is InChI=1S/C14H11Cl2FN2S2/c1-21-11-4-2-3-10(12(11)14(18)20)19-7-5-8(15)13(17)9(16)6-7/h2-6,19H,1H3,(H2,18,20). The largest absolute Gasteiger partial charge is 0.389 e. The predicted octanol–water partition coefficient (Wildman–Crippen LogP) is 5.23. The van der Waals surface area contributed by atoms with Gasteiger partial charge in [-0.15, -0.1) is 11.8 Å². The molecule has 110 valence electrons. The highest BCUT2D eigenvalue weighted by Gasteiger charge is 2.13. The van der Waals surface area contributed by atoms with Gasteiger partial charge >= 0.3 is 0 Å². The zero-order chi connectivity index (χ0) is 15.6. The van der Waals surface area contributed by atoms with E-state index in [-0.39, 0.29) is 15.0 Å². The zero-order valence-corrected chi connectivity index (χ0v) is 14.1. The Morgan fingerprint density at radius 1 is 1.29 bits per heavy atom. The summed E-state index contributed by atoms with van der Waals surface area (Å²) in [5.41, 5.74) is 7.80. The molecular formula is C14H11Cl2FN2S2. The van der Waals surface area contributed by atoms with Crippen LogP contribution in [0.4, 0.5) is 15.8 Å². The normalized spacial score (nSPS) is 10.5. The van der Waals surface area contributed by atoms with Gasteiger partial charge < -0.3 is 11.1 Å². The van der Waals surface area contributed by atoms with E-state index in [1.54, 1.807) is 0 Å². The lowest BCUT2D eigenvalue weighted by Crippen LogP contribution is -2.13. The molecule has 2 nitrogen and oxygen atoms in total. The van der Waals surface area contributed by atoms with E-state index < -0.39 is 5.82 Å². The molecule has 0 radical (unpaired) electrons. The molecule has 0 saturated carbocycles. The number of nitrogens with two attached hydrogens (primary N) is 1. The van der Waals surface area contributed by atoms with E-state index in [9.17, 15) is 4.39 Å². The second-order valence-corrected chi connectivity index (χ2v) is 6.23. The number of hydrogen-bond acceptors (Lipinski definition) is 3. The Hall–Kier alpha value is -1.01. The molecule has 0 unspecified atom stereocenters. The maximum Gasteiger partial charge on any atom is 0.160 e. The van der Waals surface area contributed by atoms with E-state index in [1.165, 1.54) is 23.9 Å². The minimum atomic E-state index is -0.642. The maximum atomic E-state index is 13.4. The fourth-order valence-corrected chi connectivity index (χ4v) is 3.25. The molecule has 0 bridgehead atoms. The molecule has 0 heterocycles. The van der Waals surface area contributed by atoms with E-state index >= 15 is 0 Å². The maximum absolute atomic E-state index is 13.4. The van der Waals surface area contributed by atoms with Crippen molar-refractivity contribution in [3.63, 3.8) is 0 Å². The molecule has 2 rings (SSSR count). The van der Waals surface area contributed by atoms with Gasteiger partial charge in [-0.1, -0.05) is 41.5 Å². The highest BCUT2D eigenvalue weighted by molar-refractivity contribution is 7.98. The summed E-state index contributed by atoms with van der Waals surface area (Å²) in [7, 11) is 0. The van der Waals surface area contributed by atoms with Crippen LogP contribution in [-0.4, -0.2) is 11.2 Å². The lowest BCUT2D eigenvalue weighted by molar-refractivity contribution is 0.629. The summed E-state index contributed by atoms with van der Waals surface area (Å²) in [4.78, 5) is 1.23. The fourth-order valence-electron chi connectivity index (χ4n) is 1.84. The van der Waals surface area contributed by atoms with Gasteiger partial charge in [-0.3, -0.25) is 0 Å². The first-order valence-corrected chi connectivity index (χ1v) is 8.21. The van der Waals surface area contributed by atoms with Crippen molar-refractivity contribution in [3.8, 4) is 0 Å². The number of rotatable bonds is 4. The van der Waals surface area contributed by atoms with Crippen LogP contribution >= 0.6 is 47.2 Å². The summed E-state index contributed by atoms with van der Waals surface area (Å²) < 4.78 is 13.4. The first-order valence-electron chi connectivity index (χ1n) is 5.82. The summed E-state index contributed by atoms with van der Waals surface area (Å²) in [5, 5.41) is 3.02. The number of hydrogen-bond donors (Lipinski definition) is 2. The van der Waals surface area contributed by atoms with E-state index in [2.05, 4.69) is 5.32 Å². The van der Waals surface area contributed by atoms with Crippen molar-refractivity contribution >= 4 is 63.5 Å². The third-order valence-electron chi connectivity index (χ3n) is 2.76. The average molecular weight is 361 g/mol. The van der Waals surface area contributed by atoms with Gasteiger partial charge in [0.05, 0.1) is 10.0 Å². The lowest BCUT2D eigenvalue weighted by Gasteiger charge is -2.15. The third-order valence-corrected chi connectivity index (χ3v) is 4.29. The van der Waals surface area contributed by atoms with Gasteiger partial charge in [0.25, 0.3) is 0 Å². The zero-order valence-electron chi connectivity index (χ0n) is 10.9. The Balaban J connectivity index is 2.47. The van der Waals surface area contributed by atoms with Crippen molar-refractivity contribution in [1.29, 1.82) is 0 Å². The smallest absolute Gasteiger partial charge is 0.160 e. The molecule has 0 spiro atoms. The number of thiocarbonyl (C=S) groups is 1. The molecule has 2 aromatic rings. The molecule has 0 aromatic heterocycles. The van der Waals surface area contributed by atoms with Gasteiger partial charge in [0.15, 0.2) is 5.82 Å². The molecule has 3 N–H and O–H groups in total. The summed E-state index contributed by atoms with van der Waals surface area (Å²) >= 11 is 18.2. The molecule has 0 aliphatic heterocycles. The summed E-state index contributed by atoms with van der Waals surface area (Å²) in [6.07, 6.45) is 1.94. The van der Waals surface area contributed by atoms with Crippen molar-refractivity contribution in [1.82, 2.24) is 0 Å². The number of halogens is 3. The Bertz CT molecular complexity index is 684. The van der Waals surface area contributed by atoms with E-state index in [0.29, 0.717) is 11.4 Å². The second-order valence-electron chi connectivity index (χ2n) is 4.13. The van der Waals surface area contributed by atoms with Crippen LogP contribution < -0.4 is 11.1 Å². The lowest BCUT2D eigenvalue weighted by atomic mass is 10.1. The van der Waals surface area contributed by atoms with Crippen LogP contribution in [-0.2, 0) is 0 Å². The van der Waals surface area contributed by atoms with Gasteiger partial charge in [-0.05, 0) is 30.5 Å². The Labute approximate surface area is 141 Å². The summed E-state index contributed by atoms with van der Waals surface area (Å²) in [5.74, 6) is -0.642. The van der Waals surface area contributed by atoms with Gasteiger partial charge in [-0.25, -0.2) is 4.39 Å². The number of thioether (sulfide) groups is 1. The van der Waals surface area contributed by atoms with Crippen LogP contribution in [0.1, 0.15) is 5.56 Å². The monoisotopic (exact) mass is 360 g/mol. The van der Waals surface area contributed by atoms with Crippen molar-refractivity contribution in [3.05, 3.63) is 51.8 Å². The molecule has 0 aliphatic rings. The Morgan fingerprint density at radius 2 is 1.90 bits per heavy atom. The van der Waals surface area contributed by atoms with Gasteiger partial charge in [0, 0.05) is 21.8 Å². The van der Waals surface area contributed by atoms with Crippen LogP contribution in [0.5, 0.6) is 0 Å². The quantitative estimate of drug-likeness (QED) is 0.444. The van der Waals surface area contributed by atoms with Crippen molar-refractivity contribution < 1.29 is 4.39 Å². The molecule has 0 aliphatic carbocycles. The van der Waals surface area contributed by atoms with Crippen LogP contribution in [0.25, 0.3) is 0 Å². The highest BCUT2D eigenvalue weighted by atomic mass is 35.5. The first kappa shape index (κ1) is 16.4. The summed E-state index contributed by atoms with van der Waals surface area (Å²) in [6.45, 7) is 0. The molecule has 2 aromatic carbocycles. The Morgan fingerprint density at radius 3 is 2.43 bits per heavy atom. The minimum Gasteiger partial charge on any atom is -0.389 e. The van der Waals surface area contributed by atoms with Crippen LogP contribution in [0.15, 0.2) is 35.2 Å². The van der Waals surface area contributed by atoms with Gasteiger partial charge in [-0.2, -0.15) is 0 Å². The van der Waals surface area contributed by atoms with E-state index in [0.717, 1.165) is 10.5 Å². The molecule has 0 saturated heterocycles. The van der Waals surface area contributed by atoms with Crippen LogP contribution in [0.2, 0.25) is 10.0 Å². The predicted molar refractivity (Wildman–Crippen MR) is 93.8 cm³/mol. The number of nitrogens with one attached hydrogen (secondary N) is 1. The number of benzene rings is 2. The van der Waals surface area contributed by atoms with E-state index in [4.69, 9.17) is 41.2 Å². The van der Waals surface area contributed by atoms with Crippen molar-refractivity contribution in [2.45, 2.75) is 4.90 Å². The second kappa shape index (κ2) is 6.83. The van der Waals surface area contributed by atoms with Crippen LogP contribution in [0, 0.1) is 5.82 Å². The van der Waals surface area contributed by atoms with E-state index in [1.807, 2.05) is 24.5 Å². The van der Waals surface area contributed by atoms with Gasteiger partial charge in [0.1, 0.15) is 4.99 Å². The summed E-state index contributed by atoms with van der Waals surface area (Å²) in [6, 6.07) is 8.55. The molecule has 0 fully saturated rings. The number of anilines is 2. The molecule has 7 heteroatoms. The molecule has 0 amide bonds. The highest BCUT2D eigenvalue weighted by Crippen LogP contribution is 2.32. The van der Waals surface area contributed by atoms with Crippen molar-refractivity contribution in [2.75, 3.05) is 11.6 Å². The minimum absolute atomic E-state index is 0.0529. The van der Waals surface area contributed by atoms with Crippen molar-refractivity contribution in [2.24, 2.45) is 5.73 Å². The fraction of sp³-hybridized carbons (Fsp3) is 0.0714. The third kappa shape index (κ3) is 3.61. The molecule has 21 heavy (non-hydrogen) atoms. The molecule has 0 atom stereocenters. The molecular weight excluding hydrogens is 350 g/mol. The first-order chi connectivity index (χ1) is 9.93. The topological polar surface area (TPSA) is 38.0 Å². The Kier molecular flexibility index (Phi) is 5.32. The average Bonchev–Trinajstić information content (AvgIpc) is 2.44.